The maximum absolute atomic E-state index is 13.2. The van der Waals surface area contributed by atoms with Crippen molar-refractivity contribution in [2.75, 3.05) is 12.4 Å². The molecule has 130 valence electrons. The highest BCUT2D eigenvalue weighted by atomic mass is 32.2. The molecule has 0 radical (unpaired) electrons. The van der Waals surface area contributed by atoms with E-state index in [1.807, 2.05) is 25.1 Å². The van der Waals surface area contributed by atoms with E-state index in [2.05, 4.69) is 20.5 Å². The Labute approximate surface area is 147 Å². The molecule has 0 aliphatic heterocycles. The molecule has 0 atom stereocenters. The molecule has 0 aliphatic rings. The van der Waals surface area contributed by atoms with Crippen LogP contribution in [0.2, 0.25) is 0 Å². The van der Waals surface area contributed by atoms with Crippen LogP contribution in [0.5, 0.6) is 5.75 Å². The summed E-state index contributed by atoms with van der Waals surface area (Å²) >= 11 is 1.35. The highest BCUT2D eigenvalue weighted by molar-refractivity contribution is 7.98. The van der Waals surface area contributed by atoms with Gasteiger partial charge in [0.1, 0.15) is 5.75 Å². The normalized spacial score (nSPS) is 10.7. The van der Waals surface area contributed by atoms with Crippen LogP contribution in [-0.2, 0) is 5.75 Å². The number of aryl methyl sites for hydroxylation is 1. The Morgan fingerprint density at radius 2 is 2.00 bits per heavy atom. The molecule has 3 aromatic rings. The summed E-state index contributed by atoms with van der Waals surface area (Å²) in [5, 5.41) is 10.6. The number of rotatable bonds is 6. The van der Waals surface area contributed by atoms with Gasteiger partial charge in [-0.05, 0) is 48.4 Å². The summed E-state index contributed by atoms with van der Waals surface area (Å²) in [5.74, 6) is -0.0439. The standard InChI is InChI=1S/C17H16F2N4OS/c1-10-7-12(24-2)4-6-15(10)20-16-21-17(23-22-16)25-9-11-3-5-13(18)14(19)8-11/h3-8H,9H2,1-2H3,(H2,20,21,22,23). The fourth-order valence-corrected chi connectivity index (χ4v) is 2.92. The molecule has 25 heavy (non-hydrogen) atoms. The Kier molecular flexibility index (Phi) is 5.18. The van der Waals surface area contributed by atoms with E-state index in [1.165, 1.54) is 17.8 Å². The number of methoxy groups -OCH3 is 1. The molecule has 3 rings (SSSR count). The number of aromatic amines is 1. The van der Waals surface area contributed by atoms with Gasteiger partial charge in [0.25, 0.3) is 0 Å². The number of halogens is 2. The molecule has 0 saturated carbocycles. The molecule has 0 bridgehead atoms. The lowest BCUT2D eigenvalue weighted by atomic mass is 10.2. The minimum absolute atomic E-state index is 0.432. The number of hydrogen-bond acceptors (Lipinski definition) is 5. The van der Waals surface area contributed by atoms with E-state index in [0.717, 1.165) is 23.1 Å². The van der Waals surface area contributed by atoms with Gasteiger partial charge in [-0.1, -0.05) is 17.8 Å². The van der Waals surface area contributed by atoms with Gasteiger partial charge < -0.3 is 10.1 Å². The van der Waals surface area contributed by atoms with Crippen molar-refractivity contribution in [3.8, 4) is 5.75 Å². The highest BCUT2D eigenvalue weighted by Gasteiger charge is 2.08. The molecule has 0 aliphatic carbocycles. The fraction of sp³-hybridized carbons (Fsp3) is 0.176. The van der Waals surface area contributed by atoms with Crippen molar-refractivity contribution in [3.05, 3.63) is 59.2 Å². The van der Waals surface area contributed by atoms with Crippen LogP contribution in [0.3, 0.4) is 0 Å². The molecular formula is C17H16F2N4OS. The van der Waals surface area contributed by atoms with Crippen molar-refractivity contribution >= 4 is 23.4 Å². The zero-order valence-electron chi connectivity index (χ0n) is 13.6. The zero-order valence-corrected chi connectivity index (χ0v) is 14.5. The summed E-state index contributed by atoms with van der Waals surface area (Å²) in [4.78, 5) is 4.33. The van der Waals surface area contributed by atoms with Crippen LogP contribution in [0.4, 0.5) is 20.4 Å². The number of anilines is 2. The molecule has 0 fully saturated rings. The number of ether oxygens (including phenoxy) is 1. The highest BCUT2D eigenvalue weighted by Crippen LogP contribution is 2.25. The van der Waals surface area contributed by atoms with Crippen molar-refractivity contribution in [2.24, 2.45) is 0 Å². The van der Waals surface area contributed by atoms with Crippen molar-refractivity contribution in [1.29, 1.82) is 0 Å². The minimum atomic E-state index is -0.854. The summed E-state index contributed by atoms with van der Waals surface area (Å²) in [6.45, 7) is 1.95. The Morgan fingerprint density at radius 1 is 1.16 bits per heavy atom. The molecule has 1 heterocycles. The predicted molar refractivity (Wildman–Crippen MR) is 93.3 cm³/mol. The van der Waals surface area contributed by atoms with Crippen molar-refractivity contribution in [1.82, 2.24) is 15.2 Å². The zero-order chi connectivity index (χ0) is 17.8. The lowest BCUT2D eigenvalue weighted by Gasteiger charge is -2.07. The van der Waals surface area contributed by atoms with Gasteiger partial charge in [-0.2, -0.15) is 4.98 Å². The minimum Gasteiger partial charge on any atom is -0.497 e. The van der Waals surface area contributed by atoms with E-state index in [-0.39, 0.29) is 0 Å². The molecule has 2 N–H and O–H groups in total. The number of thioether (sulfide) groups is 1. The van der Waals surface area contributed by atoms with E-state index in [1.54, 1.807) is 13.2 Å². The van der Waals surface area contributed by atoms with Gasteiger partial charge in [0.05, 0.1) is 7.11 Å². The molecule has 2 aromatic carbocycles. The molecule has 0 spiro atoms. The first kappa shape index (κ1) is 17.2. The van der Waals surface area contributed by atoms with Crippen molar-refractivity contribution in [3.63, 3.8) is 0 Å². The van der Waals surface area contributed by atoms with Crippen LogP contribution >= 0.6 is 11.8 Å². The van der Waals surface area contributed by atoms with E-state index in [4.69, 9.17) is 4.74 Å². The average molecular weight is 362 g/mol. The van der Waals surface area contributed by atoms with E-state index in [0.29, 0.717) is 22.4 Å². The maximum Gasteiger partial charge on any atom is 0.247 e. The first-order valence-corrected chi connectivity index (χ1v) is 8.44. The predicted octanol–water partition coefficient (Wildman–Crippen LogP) is 4.44. The van der Waals surface area contributed by atoms with Gasteiger partial charge in [-0.25, -0.2) is 8.78 Å². The van der Waals surface area contributed by atoms with Gasteiger partial charge >= 0.3 is 0 Å². The van der Waals surface area contributed by atoms with E-state index >= 15 is 0 Å². The second-order valence-electron chi connectivity index (χ2n) is 5.31. The monoisotopic (exact) mass is 362 g/mol. The quantitative estimate of drug-likeness (QED) is 0.635. The van der Waals surface area contributed by atoms with E-state index < -0.39 is 11.6 Å². The van der Waals surface area contributed by atoms with Crippen molar-refractivity contribution < 1.29 is 13.5 Å². The SMILES string of the molecule is COc1ccc(Nc2n[nH]c(SCc3ccc(F)c(F)c3)n2)c(C)c1. The second-order valence-corrected chi connectivity index (χ2v) is 6.27. The smallest absolute Gasteiger partial charge is 0.247 e. The number of benzene rings is 2. The first-order valence-electron chi connectivity index (χ1n) is 7.46. The van der Waals surface area contributed by atoms with Crippen LogP contribution < -0.4 is 10.1 Å². The Hall–Kier alpha value is -2.61. The van der Waals surface area contributed by atoms with Gasteiger partial charge in [0.2, 0.25) is 5.95 Å². The lowest BCUT2D eigenvalue weighted by Crippen LogP contribution is -1.95. The van der Waals surface area contributed by atoms with Crippen molar-refractivity contribution in [2.45, 2.75) is 17.8 Å². The summed E-state index contributed by atoms with van der Waals surface area (Å²) < 4.78 is 31.3. The fourth-order valence-electron chi connectivity index (χ4n) is 2.17. The van der Waals surface area contributed by atoms with Gasteiger partial charge in [-0.3, -0.25) is 5.10 Å². The molecule has 5 nitrogen and oxygen atoms in total. The van der Waals surface area contributed by atoms with Crippen LogP contribution in [0.15, 0.2) is 41.6 Å². The summed E-state index contributed by atoms with van der Waals surface area (Å²) in [6, 6.07) is 9.48. The van der Waals surface area contributed by atoms with Gasteiger partial charge in [0.15, 0.2) is 16.8 Å². The number of aromatic nitrogens is 3. The van der Waals surface area contributed by atoms with Crippen LogP contribution in [0, 0.1) is 18.6 Å². The number of hydrogen-bond donors (Lipinski definition) is 2. The number of nitrogens with one attached hydrogen (secondary N) is 2. The second kappa shape index (κ2) is 7.52. The van der Waals surface area contributed by atoms with Crippen LogP contribution in [0.25, 0.3) is 0 Å². The van der Waals surface area contributed by atoms with E-state index in [9.17, 15) is 8.78 Å². The number of nitrogens with zero attached hydrogens (tertiary/aromatic N) is 2. The number of H-pyrrole nitrogens is 1. The average Bonchev–Trinajstić information content (AvgIpc) is 3.05. The third kappa shape index (κ3) is 4.27. The Balaban J connectivity index is 1.63. The molecule has 1 aromatic heterocycles. The maximum atomic E-state index is 13.2. The largest absolute Gasteiger partial charge is 0.497 e. The first-order chi connectivity index (χ1) is 12.0. The Bertz CT molecular complexity index is 885. The molecular weight excluding hydrogens is 346 g/mol. The molecule has 0 unspecified atom stereocenters. The molecule has 8 heteroatoms. The summed E-state index contributed by atoms with van der Waals surface area (Å²) in [6.07, 6.45) is 0. The lowest BCUT2D eigenvalue weighted by molar-refractivity contribution is 0.414. The topological polar surface area (TPSA) is 62.8 Å². The van der Waals surface area contributed by atoms with Gasteiger partial charge in [0, 0.05) is 11.4 Å². The summed E-state index contributed by atoms with van der Waals surface area (Å²) in [5.41, 5.74) is 2.54. The Morgan fingerprint density at radius 3 is 2.72 bits per heavy atom. The van der Waals surface area contributed by atoms with Crippen LogP contribution in [-0.4, -0.2) is 22.3 Å². The summed E-state index contributed by atoms with van der Waals surface area (Å²) in [7, 11) is 1.62. The van der Waals surface area contributed by atoms with Gasteiger partial charge in [-0.15, -0.1) is 5.10 Å². The molecule has 0 amide bonds. The third-order valence-corrected chi connectivity index (χ3v) is 4.44. The third-order valence-electron chi connectivity index (χ3n) is 3.50. The molecule has 0 saturated heterocycles. The van der Waals surface area contributed by atoms with Crippen LogP contribution in [0.1, 0.15) is 11.1 Å².